The molecule has 3 atom stereocenters. The molecule has 0 radical (unpaired) electrons. The lowest BCUT2D eigenvalue weighted by Crippen LogP contribution is -2.54. The van der Waals surface area contributed by atoms with Gasteiger partial charge in [-0.05, 0) is 32.1 Å². The number of carbonyl (C=O) groups is 1. The highest BCUT2D eigenvalue weighted by Gasteiger charge is 2.40. The van der Waals surface area contributed by atoms with Crippen LogP contribution in [0.4, 0.5) is 0 Å². The van der Waals surface area contributed by atoms with Crippen molar-refractivity contribution in [3.63, 3.8) is 0 Å². The number of rotatable bonds is 3. The molecule has 1 N–H and O–H groups in total. The van der Waals surface area contributed by atoms with E-state index in [-0.39, 0.29) is 18.5 Å². The summed E-state index contributed by atoms with van der Waals surface area (Å²) in [5.74, 6) is -1.41. The fourth-order valence-electron chi connectivity index (χ4n) is 3.23. The van der Waals surface area contributed by atoms with Crippen molar-refractivity contribution in [1.82, 2.24) is 8.61 Å². The highest BCUT2D eigenvalue weighted by atomic mass is 32.2. The Morgan fingerprint density at radius 2 is 1.90 bits per heavy atom. The van der Waals surface area contributed by atoms with Crippen molar-refractivity contribution in [3.05, 3.63) is 0 Å². The van der Waals surface area contributed by atoms with Crippen LogP contribution >= 0.6 is 0 Å². The van der Waals surface area contributed by atoms with Gasteiger partial charge in [0.05, 0.1) is 5.92 Å². The van der Waals surface area contributed by atoms with Crippen LogP contribution in [-0.2, 0) is 15.0 Å². The highest BCUT2D eigenvalue weighted by Crippen LogP contribution is 2.28. The predicted octanol–water partition coefficient (Wildman–Crippen LogP) is 1.15. The summed E-state index contributed by atoms with van der Waals surface area (Å²) >= 11 is 0. The molecule has 2 heterocycles. The maximum absolute atomic E-state index is 12.7. The molecule has 3 unspecified atom stereocenters. The lowest BCUT2D eigenvalue weighted by Gasteiger charge is -2.40. The molecule has 20 heavy (non-hydrogen) atoms. The first-order valence-electron chi connectivity index (χ1n) is 7.32. The zero-order valence-electron chi connectivity index (χ0n) is 12.2. The monoisotopic (exact) mass is 304 g/mol. The van der Waals surface area contributed by atoms with Gasteiger partial charge in [0.1, 0.15) is 0 Å². The molecule has 2 fully saturated rings. The molecule has 0 aromatic rings. The van der Waals surface area contributed by atoms with Gasteiger partial charge in [-0.15, -0.1) is 0 Å². The molecule has 0 aromatic carbocycles. The van der Waals surface area contributed by atoms with E-state index in [0.29, 0.717) is 19.5 Å². The van der Waals surface area contributed by atoms with E-state index >= 15 is 0 Å². The number of nitrogens with zero attached hydrogens (tertiary/aromatic N) is 2. The van der Waals surface area contributed by atoms with E-state index in [2.05, 4.69) is 0 Å². The first-order chi connectivity index (χ1) is 9.32. The van der Waals surface area contributed by atoms with Crippen LogP contribution in [0.1, 0.15) is 39.5 Å². The lowest BCUT2D eigenvalue weighted by atomic mass is 9.92. The average Bonchev–Trinajstić information content (AvgIpc) is 2.38. The van der Waals surface area contributed by atoms with Crippen molar-refractivity contribution >= 4 is 16.2 Å². The van der Waals surface area contributed by atoms with Crippen LogP contribution in [0.3, 0.4) is 0 Å². The van der Waals surface area contributed by atoms with Crippen LogP contribution in [0, 0.1) is 11.8 Å². The number of hydrogen-bond acceptors (Lipinski definition) is 3. The highest BCUT2D eigenvalue weighted by molar-refractivity contribution is 7.86. The Balaban J connectivity index is 2.17. The van der Waals surface area contributed by atoms with Gasteiger partial charge >= 0.3 is 5.97 Å². The topological polar surface area (TPSA) is 77.9 Å². The minimum Gasteiger partial charge on any atom is -0.481 e. The van der Waals surface area contributed by atoms with Gasteiger partial charge in [0.25, 0.3) is 10.2 Å². The summed E-state index contributed by atoms with van der Waals surface area (Å²) in [5.41, 5.74) is 0. The Hall–Kier alpha value is -0.660. The van der Waals surface area contributed by atoms with Crippen LogP contribution in [0.5, 0.6) is 0 Å². The van der Waals surface area contributed by atoms with Crippen molar-refractivity contribution < 1.29 is 18.3 Å². The zero-order chi connectivity index (χ0) is 14.9. The standard InChI is InChI=1S/C13H24N2O4S/c1-10-7-12(13(16)17)9-14(8-10)20(18,19)15-6-4-3-5-11(15)2/h10-12H,3-9H2,1-2H3,(H,16,17). The summed E-state index contributed by atoms with van der Waals surface area (Å²) in [6.45, 7) is 4.92. The molecular formula is C13H24N2O4S. The molecule has 2 aliphatic rings. The molecule has 2 aliphatic heterocycles. The van der Waals surface area contributed by atoms with Gasteiger partial charge in [0.2, 0.25) is 0 Å². The molecule has 0 amide bonds. The van der Waals surface area contributed by atoms with Gasteiger partial charge in [-0.25, -0.2) is 0 Å². The Labute approximate surface area is 120 Å². The first-order valence-corrected chi connectivity index (χ1v) is 8.71. The van der Waals surface area contributed by atoms with E-state index in [1.807, 2.05) is 13.8 Å². The van der Waals surface area contributed by atoms with Crippen molar-refractivity contribution in [2.45, 2.75) is 45.6 Å². The molecule has 2 saturated heterocycles. The number of piperidine rings is 2. The van der Waals surface area contributed by atoms with Gasteiger partial charge in [0.15, 0.2) is 0 Å². The molecule has 0 aliphatic carbocycles. The van der Waals surface area contributed by atoms with Gasteiger partial charge in [-0.1, -0.05) is 13.3 Å². The third kappa shape index (κ3) is 3.15. The van der Waals surface area contributed by atoms with Crippen molar-refractivity contribution in [2.24, 2.45) is 11.8 Å². The van der Waals surface area contributed by atoms with E-state index in [9.17, 15) is 13.2 Å². The number of carboxylic acid groups (broad SMARTS) is 1. The summed E-state index contributed by atoms with van der Waals surface area (Å²) in [7, 11) is -3.53. The Kier molecular flexibility index (Phi) is 4.71. The molecule has 116 valence electrons. The van der Waals surface area contributed by atoms with Crippen LogP contribution in [0.15, 0.2) is 0 Å². The normalized spacial score (nSPS) is 34.0. The number of carboxylic acids is 1. The maximum Gasteiger partial charge on any atom is 0.307 e. The maximum atomic E-state index is 12.7. The van der Waals surface area contributed by atoms with E-state index in [1.165, 1.54) is 4.31 Å². The Morgan fingerprint density at radius 1 is 1.20 bits per heavy atom. The summed E-state index contributed by atoms with van der Waals surface area (Å²) in [6, 6.07) is 0.00857. The number of hydrogen-bond donors (Lipinski definition) is 1. The molecule has 2 rings (SSSR count). The molecule has 0 aromatic heterocycles. The molecule has 6 nitrogen and oxygen atoms in total. The van der Waals surface area contributed by atoms with Crippen LogP contribution in [0.2, 0.25) is 0 Å². The third-order valence-corrected chi connectivity index (χ3v) is 6.43. The van der Waals surface area contributed by atoms with E-state index in [4.69, 9.17) is 5.11 Å². The summed E-state index contributed by atoms with van der Waals surface area (Å²) in [6.07, 6.45) is 3.37. The zero-order valence-corrected chi connectivity index (χ0v) is 13.0. The molecular weight excluding hydrogens is 280 g/mol. The minimum atomic E-state index is -3.53. The fourth-order valence-corrected chi connectivity index (χ4v) is 5.26. The second-order valence-corrected chi connectivity index (χ2v) is 8.04. The summed E-state index contributed by atoms with van der Waals surface area (Å²) in [5, 5.41) is 9.17. The molecule has 7 heteroatoms. The second kappa shape index (κ2) is 5.99. The third-order valence-electron chi connectivity index (χ3n) is 4.34. The Morgan fingerprint density at radius 3 is 2.50 bits per heavy atom. The quantitative estimate of drug-likeness (QED) is 0.848. The predicted molar refractivity (Wildman–Crippen MR) is 75.4 cm³/mol. The van der Waals surface area contributed by atoms with Crippen LogP contribution in [-0.4, -0.2) is 53.8 Å². The van der Waals surface area contributed by atoms with Crippen molar-refractivity contribution in [2.75, 3.05) is 19.6 Å². The van der Waals surface area contributed by atoms with Gasteiger partial charge < -0.3 is 5.11 Å². The minimum absolute atomic E-state index is 0.00857. The van der Waals surface area contributed by atoms with Crippen molar-refractivity contribution in [1.29, 1.82) is 0 Å². The Bertz CT molecular complexity index is 465. The summed E-state index contributed by atoms with van der Waals surface area (Å²) in [4.78, 5) is 11.2. The van der Waals surface area contributed by atoms with E-state index < -0.39 is 22.1 Å². The largest absolute Gasteiger partial charge is 0.481 e. The summed E-state index contributed by atoms with van der Waals surface area (Å²) < 4.78 is 28.4. The first kappa shape index (κ1) is 15.7. The van der Waals surface area contributed by atoms with Gasteiger partial charge in [0, 0.05) is 25.7 Å². The van der Waals surface area contributed by atoms with E-state index in [0.717, 1.165) is 19.3 Å². The van der Waals surface area contributed by atoms with Crippen LogP contribution in [0.25, 0.3) is 0 Å². The number of aliphatic carboxylic acids is 1. The molecule has 0 saturated carbocycles. The van der Waals surface area contributed by atoms with E-state index in [1.54, 1.807) is 4.31 Å². The lowest BCUT2D eigenvalue weighted by molar-refractivity contribution is -0.143. The fraction of sp³-hybridized carbons (Fsp3) is 0.923. The SMILES string of the molecule is CC1CC(C(=O)O)CN(S(=O)(=O)N2CCCCC2C)C1. The molecule has 0 spiro atoms. The average molecular weight is 304 g/mol. The van der Waals surface area contributed by atoms with Crippen LogP contribution < -0.4 is 0 Å². The van der Waals surface area contributed by atoms with Crippen molar-refractivity contribution in [3.8, 4) is 0 Å². The van der Waals surface area contributed by atoms with Gasteiger partial charge in [-0.3, -0.25) is 4.79 Å². The van der Waals surface area contributed by atoms with Gasteiger partial charge in [-0.2, -0.15) is 17.0 Å². The molecule has 0 bridgehead atoms. The smallest absolute Gasteiger partial charge is 0.307 e. The second-order valence-electron chi connectivity index (χ2n) is 6.16.